The van der Waals surface area contributed by atoms with Crippen LogP contribution in [0.2, 0.25) is 0 Å². The molecule has 0 saturated heterocycles. The minimum atomic E-state index is -1.13. The van der Waals surface area contributed by atoms with Crippen molar-refractivity contribution in [2.75, 3.05) is 7.11 Å². The molecule has 6 nitrogen and oxygen atoms in total. The lowest BCUT2D eigenvalue weighted by Gasteiger charge is -2.08. The smallest absolute Gasteiger partial charge is 0.312 e. The number of carbonyl (C=O) groups is 1. The van der Waals surface area contributed by atoms with Crippen LogP contribution in [-0.2, 0) is 11.2 Å². The maximum Gasteiger partial charge on any atom is 0.312 e. The highest BCUT2D eigenvalue weighted by Crippen LogP contribution is 2.22. The van der Waals surface area contributed by atoms with Crippen LogP contribution in [0.15, 0.2) is 41.5 Å². The Bertz CT molecular complexity index is 691. The third-order valence-corrected chi connectivity index (χ3v) is 3.02. The molecule has 1 atom stereocenters. The van der Waals surface area contributed by atoms with E-state index in [0.29, 0.717) is 0 Å². The molecule has 0 fully saturated rings. The zero-order valence-electron chi connectivity index (χ0n) is 10.9. The van der Waals surface area contributed by atoms with Crippen LogP contribution in [0, 0.1) is 0 Å². The Hall–Kier alpha value is -2.72. The summed E-state index contributed by atoms with van der Waals surface area (Å²) in [6, 6.07) is 10.2. The lowest BCUT2D eigenvalue weighted by atomic mass is 10.0. The van der Waals surface area contributed by atoms with Crippen LogP contribution < -0.4 is 4.74 Å². The molecule has 0 amide bonds. The molecule has 2 aromatic carbocycles. The van der Waals surface area contributed by atoms with Crippen molar-refractivity contribution >= 4 is 16.7 Å². The number of nitrogens with zero attached hydrogens (tertiary/aromatic N) is 3. The zero-order chi connectivity index (χ0) is 14.5. The number of ether oxygens (including phenoxy) is 1. The summed E-state index contributed by atoms with van der Waals surface area (Å²) in [5.74, 6) is -0.361. The van der Waals surface area contributed by atoms with Gasteiger partial charge in [-0.3, -0.25) is 4.79 Å². The van der Waals surface area contributed by atoms with E-state index in [1.807, 2.05) is 36.4 Å². The molecule has 102 valence electrons. The molecule has 1 N–H and O–H groups in total. The number of fused-ring (bicyclic) bond motifs is 1. The largest absolute Gasteiger partial charge is 0.497 e. The lowest BCUT2D eigenvalue weighted by molar-refractivity contribution is -0.138. The number of carboxylic acids is 1. The van der Waals surface area contributed by atoms with E-state index in [-0.39, 0.29) is 6.42 Å². The molecule has 6 heteroatoms. The lowest BCUT2D eigenvalue weighted by Crippen LogP contribution is -2.19. The summed E-state index contributed by atoms with van der Waals surface area (Å²) in [5, 5.41) is 14.2. The highest BCUT2D eigenvalue weighted by Gasteiger charge is 2.16. The molecule has 0 aromatic heterocycles. The Morgan fingerprint density at radius 2 is 2.05 bits per heavy atom. The predicted octanol–water partition coefficient (Wildman–Crippen LogP) is 3.15. The van der Waals surface area contributed by atoms with E-state index >= 15 is 0 Å². The number of azide groups is 1. The van der Waals surface area contributed by atoms with Gasteiger partial charge in [-0.25, -0.2) is 0 Å². The Labute approximate surface area is 115 Å². The molecule has 0 bridgehead atoms. The van der Waals surface area contributed by atoms with Gasteiger partial charge >= 0.3 is 5.97 Å². The third-order valence-electron chi connectivity index (χ3n) is 3.02. The SMILES string of the molecule is COc1ccc2cc(C[C@H](N=[N+]=[N-])C(=O)O)ccc2c1. The topological polar surface area (TPSA) is 95.3 Å². The van der Waals surface area contributed by atoms with Gasteiger partial charge in [0.25, 0.3) is 0 Å². The Morgan fingerprint density at radius 3 is 2.70 bits per heavy atom. The maximum absolute atomic E-state index is 11.0. The monoisotopic (exact) mass is 271 g/mol. The minimum Gasteiger partial charge on any atom is -0.497 e. The van der Waals surface area contributed by atoms with Gasteiger partial charge in [-0.05, 0) is 40.4 Å². The fourth-order valence-corrected chi connectivity index (χ4v) is 1.99. The van der Waals surface area contributed by atoms with Crippen molar-refractivity contribution in [1.82, 2.24) is 0 Å². The number of carboxylic acid groups (broad SMARTS) is 1. The van der Waals surface area contributed by atoms with Crippen LogP contribution in [-0.4, -0.2) is 24.2 Å². The normalized spacial score (nSPS) is 11.7. The summed E-state index contributed by atoms with van der Waals surface area (Å²) in [7, 11) is 1.60. The Balaban J connectivity index is 2.32. The number of hydrogen-bond donors (Lipinski definition) is 1. The standard InChI is InChI=1S/C14H13N3O3/c1-20-12-5-4-10-6-9(2-3-11(10)8-12)7-13(14(18)19)16-17-15/h2-6,8,13H,7H2,1H3,(H,18,19)/t13-/m0/s1. The molecule has 0 aliphatic carbocycles. The van der Waals surface area contributed by atoms with Crippen LogP contribution in [0.1, 0.15) is 5.56 Å². The van der Waals surface area contributed by atoms with Crippen LogP contribution in [0.3, 0.4) is 0 Å². The van der Waals surface area contributed by atoms with Gasteiger partial charge in [0.2, 0.25) is 0 Å². The molecule has 0 radical (unpaired) electrons. The van der Waals surface area contributed by atoms with Crippen molar-refractivity contribution < 1.29 is 14.6 Å². The van der Waals surface area contributed by atoms with E-state index in [1.54, 1.807) is 7.11 Å². The van der Waals surface area contributed by atoms with Gasteiger partial charge in [0.15, 0.2) is 0 Å². The average molecular weight is 271 g/mol. The van der Waals surface area contributed by atoms with Gasteiger partial charge in [-0.2, -0.15) is 0 Å². The molecule has 0 spiro atoms. The van der Waals surface area contributed by atoms with E-state index in [9.17, 15) is 4.79 Å². The summed E-state index contributed by atoms with van der Waals surface area (Å²) in [6.07, 6.45) is 0.168. The summed E-state index contributed by atoms with van der Waals surface area (Å²) < 4.78 is 5.15. The molecule has 0 aliphatic rings. The molecule has 0 aliphatic heterocycles. The number of methoxy groups -OCH3 is 1. The first-order chi connectivity index (χ1) is 9.63. The van der Waals surface area contributed by atoms with Crippen molar-refractivity contribution in [2.24, 2.45) is 5.11 Å². The third kappa shape index (κ3) is 2.99. The van der Waals surface area contributed by atoms with E-state index in [2.05, 4.69) is 10.0 Å². The highest BCUT2D eigenvalue weighted by atomic mass is 16.5. The number of rotatable bonds is 5. The first-order valence-electron chi connectivity index (χ1n) is 5.97. The molecule has 20 heavy (non-hydrogen) atoms. The van der Waals surface area contributed by atoms with Crippen LogP contribution in [0.25, 0.3) is 21.2 Å². The van der Waals surface area contributed by atoms with Gasteiger partial charge in [-0.1, -0.05) is 29.4 Å². The molecule has 0 saturated carbocycles. The quantitative estimate of drug-likeness (QED) is 0.514. The molecular formula is C14H13N3O3. The van der Waals surface area contributed by atoms with Crippen molar-refractivity contribution in [3.63, 3.8) is 0 Å². The minimum absolute atomic E-state index is 0.168. The second-order valence-electron chi connectivity index (χ2n) is 4.31. The van der Waals surface area contributed by atoms with Crippen LogP contribution >= 0.6 is 0 Å². The van der Waals surface area contributed by atoms with Crippen LogP contribution in [0.4, 0.5) is 0 Å². The van der Waals surface area contributed by atoms with Crippen molar-refractivity contribution in [2.45, 2.75) is 12.5 Å². The molecule has 0 heterocycles. The first kappa shape index (κ1) is 13.7. The maximum atomic E-state index is 11.0. The summed E-state index contributed by atoms with van der Waals surface area (Å²) in [6.45, 7) is 0. The second kappa shape index (κ2) is 5.95. The van der Waals surface area contributed by atoms with Gasteiger partial charge in [0.05, 0.1) is 7.11 Å². The fraction of sp³-hybridized carbons (Fsp3) is 0.214. The highest BCUT2D eigenvalue weighted by molar-refractivity contribution is 5.84. The molecular weight excluding hydrogens is 258 g/mol. The Kier molecular flexibility index (Phi) is 4.08. The fourth-order valence-electron chi connectivity index (χ4n) is 1.99. The molecule has 2 aromatic rings. The number of hydrogen-bond acceptors (Lipinski definition) is 3. The zero-order valence-corrected chi connectivity index (χ0v) is 10.9. The van der Waals surface area contributed by atoms with E-state index in [1.165, 1.54) is 0 Å². The van der Waals surface area contributed by atoms with Gasteiger partial charge < -0.3 is 9.84 Å². The van der Waals surface area contributed by atoms with E-state index in [4.69, 9.17) is 15.4 Å². The summed E-state index contributed by atoms with van der Waals surface area (Å²) in [4.78, 5) is 13.5. The molecule has 2 rings (SSSR count). The summed E-state index contributed by atoms with van der Waals surface area (Å²) in [5.41, 5.74) is 9.18. The van der Waals surface area contributed by atoms with Gasteiger partial charge in [-0.15, -0.1) is 0 Å². The first-order valence-corrected chi connectivity index (χ1v) is 5.97. The van der Waals surface area contributed by atoms with Gasteiger partial charge in [0.1, 0.15) is 11.8 Å². The number of aliphatic carboxylic acids is 1. The molecule has 0 unspecified atom stereocenters. The predicted molar refractivity (Wildman–Crippen MR) is 74.8 cm³/mol. The Morgan fingerprint density at radius 1 is 1.35 bits per heavy atom. The average Bonchev–Trinajstić information content (AvgIpc) is 2.46. The van der Waals surface area contributed by atoms with Crippen molar-refractivity contribution in [3.05, 3.63) is 52.4 Å². The van der Waals surface area contributed by atoms with Crippen molar-refractivity contribution in [3.8, 4) is 5.75 Å². The summed E-state index contributed by atoms with van der Waals surface area (Å²) >= 11 is 0. The van der Waals surface area contributed by atoms with E-state index in [0.717, 1.165) is 22.1 Å². The van der Waals surface area contributed by atoms with Gasteiger partial charge in [0, 0.05) is 4.91 Å². The second-order valence-corrected chi connectivity index (χ2v) is 4.31. The number of benzene rings is 2. The van der Waals surface area contributed by atoms with Crippen LogP contribution in [0.5, 0.6) is 5.75 Å². The van der Waals surface area contributed by atoms with Crippen molar-refractivity contribution in [1.29, 1.82) is 0 Å². The van der Waals surface area contributed by atoms with E-state index < -0.39 is 12.0 Å².